The highest BCUT2D eigenvalue weighted by atomic mass is 14.9. The molecule has 0 fully saturated rings. The zero-order valence-corrected chi connectivity index (χ0v) is 16.8. The lowest BCUT2D eigenvalue weighted by Gasteiger charge is -2.21. The van der Waals surface area contributed by atoms with E-state index in [2.05, 4.69) is 96.6 Å². The third-order valence-corrected chi connectivity index (χ3v) is 5.23. The number of aromatic nitrogens is 1. The minimum atomic E-state index is 0.169. The second-order valence-electron chi connectivity index (χ2n) is 8.49. The monoisotopic (exact) mass is 324 g/mol. The molecule has 1 aromatic heterocycles. The second kappa shape index (κ2) is 7.09. The molecule has 2 aromatic rings. The summed E-state index contributed by atoms with van der Waals surface area (Å²) in [6.07, 6.45) is 3.41. The van der Waals surface area contributed by atoms with Crippen LogP contribution in [0.25, 0.3) is 11.3 Å². The maximum Gasteiger partial charge on any atom is 0.212 e. The Morgan fingerprint density at radius 2 is 1.71 bits per heavy atom. The van der Waals surface area contributed by atoms with Crippen molar-refractivity contribution in [1.82, 2.24) is 0 Å². The molecule has 0 saturated carbocycles. The largest absolute Gasteiger partial charge is 0.212 e. The maximum absolute atomic E-state index is 2.41. The van der Waals surface area contributed by atoms with Crippen molar-refractivity contribution in [2.45, 2.75) is 66.2 Å². The van der Waals surface area contributed by atoms with Gasteiger partial charge in [0.15, 0.2) is 6.20 Å². The van der Waals surface area contributed by atoms with Gasteiger partial charge < -0.3 is 0 Å². The molecule has 0 bridgehead atoms. The van der Waals surface area contributed by atoms with Gasteiger partial charge in [-0.05, 0) is 53.4 Å². The van der Waals surface area contributed by atoms with E-state index in [0.717, 1.165) is 0 Å². The van der Waals surface area contributed by atoms with Crippen LogP contribution in [0.2, 0.25) is 0 Å². The van der Waals surface area contributed by atoms with Crippen molar-refractivity contribution < 1.29 is 4.57 Å². The first-order valence-corrected chi connectivity index (χ1v) is 9.26. The van der Waals surface area contributed by atoms with Crippen molar-refractivity contribution in [2.75, 3.05) is 0 Å². The molecular weight excluding hydrogens is 290 g/mol. The third kappa shape index (κ3) is 3.88. The molecule has 0 spiro atoms. The summed E-state index contributed by atoms with van der Waals surface area (Å²) in [4.78, 5) is 0. The van der Waals surface area contributed by atoms with Gasteiger partial charge in [0.1, 0.15) is 7.05 Å². The molecular formula is C23H34N+. The molecule has 2 rings (SSSR count). The average Bonchev–Trinajstić information content (AvgIpc) is 2.49. The first-order chi connectivity index (χ1) is 11.1. The van der Waals surface area contributed by atoms with Crippen LogP contribution in [0.15, 0.2) is 36.5 Å². The Morgan fingerprint density at radius 1 is 1.04 bits per heavy atom. The van der Waals surface area contributed by atoms with Crippen LogP contribution in [0.3, 0.4) is 0 Å². The van der Waals surface area contributed by atoms with E-state index in [1.165, 1.54) is 34.4 Å². The summed E-state index contributed by atoms with van der Waals surface area (Å²) in [5.41, 5.74) is 7.03. The molecule has 1 nitrogen and oxygen atoms in total. The van der Waals surface area contributed by atoms with Crippen LogP contribution in [0.5, 0.6) is 0 Å². The highest BCUT2D eigenvalue weighted by Gasteiger charge is 2.21. The molecule has 1 unspecified atom stereocenters. The standard InChI is InChI=1S/C23H34N/c1-9-20(16(2)3)18-12-13-24(8)22(14-18)21-15-19(23(5,6)7)11-10-17(21)4/h10-16,20H,9H2,1-8H3/q+1. The van der Waals surface area contributed by atoms with Crippen LogP contribution in [-0.2, 0) is 12.5 Å². The van der Waals surface area contributed by atoms with E-state index < -0.39 is 0 Å². The zero-order valence-electron chi connectivity index (χ0n) is 16.8. The highest BCUT2D eigenvalue weighted by Crippen LogP contribution is 2.32. The van der Waals surface area contributed by atoms with Crippen molar-refractivity contribution >= 4 is 0 Å². The van der Waals surface area contributed by atoms with Gasteiger partial charge in [0.05, 0.1) is 0 Å². The van der Waals surface area contributed by atoms with Crippen LogP contribution < -0.4 is 4.57 Å². The molecule has 0 N–H and O–H groups in total. The molecule has 0 aliphatic heterocycles. The molecule has 0 aliphatic rings. The van der Waals surface area contributed by atoms with E-state index in [-0.39, 0.29) is 5.41 Å². The lowest BCUT2D eigenvalue weighted by atomic mass is 9.83. The Bertz CT molecular complexity index is 704. The predicted molar refractivity (Wildman–Crippen MR) is 104 cm³/mol. The van der Waals surface area contributed by atoms with Crippen molar-refractivity contribution in [1.29, 1.82) is 0 Å². The molecule has 0 aliphatic carbocycles. The molecule has 1 heteroatoms. The summed E-state index contributed by atoms with van der Waals surface area (Å²) >= 11 is 0. The van der Waals surface area contributed by atoms with Crippen molar-refractivity contribution in [3.63, 3.8) is 0 Å². The molecule has 0 amide bonds. The molecule has 0 saturated heterocycles. The fourth-order valence-electron chi connectivity index (χ4n) is 3.54. The number of benzene rings is 1. The molecule has 130 valence electrons. The third-order valence-electron chi connectivity index (χ3n) is 5.23. The van der Waals surface area contributed by atoms with Crippen LogP contribution in [0, 0.1) is 12.8 Å². The maximum atomic E-state index is 2.41. The summed E-state index contributed by atoms with van der Waals surface area (Å²) in [5.74, 6) is 1.29. The van der Waals surface area contributed by atoms with Gasteiger partial charge >= 0.3 is 0 Å². The summed E-state index contributed by atoms with van der Waals surface area (Å²) in [6, 6.07) is 11.6. The van der Waals surface area contributed by atoms with Gasteiger partial charge in [-0.1, -0.05) is 53.7 Å². The average molecular weight is 325 g/mol. The fourth-order valence-corrected chi connectivity index (χ4v) is 3.54. The van der Waals surface area contributed by atoms with Gasteiger partial charge in [-0.2, -0.15) is 0 Å². The summed E-state index contributed by atoms with van der Waals surface area (Å²) in [6.45, 7) is 16.0. The number of aryl methyl sites for hydroxylation is 2. The van der Waals surface area contributed by atoms with Crippen molar-refractivity contribution in [2.24, 2.45) is 13.0 Å². The van der Waals surface area contributed by atoms with Gasteiger partial charge in [0, 0.05) is 17.7 Å². The predicted octanol–water partition coefficient (Wildman–Crippen LogP) is 5.93. The molecule has 24 heavy (non-hydrogen) atoms. The number of pyridine rings is 1. The number of nitrogens with zero attached hydrogens (tertiary/aromatic N) is 1. The Balaban J connectivity index is 2.60. The van der Waals surface area contributed by atoms with Gasteiger partial charge in [-0.15, -0.1) is 0 Å². The number of hydrogen-bond donors (Lipinski definition) is 0. The van der Waals surface area contributed by atoms with Crippen LogP contribution in [0.1, 0.15) is 70.6 Å². The van der Waals surface area contributed by atoms with E-state index in [1.807, 2.05) is 0 Å². The first-order valence-electron chi connectivity index (χ1n) is 9.26. The molecule has 0 radical (unpaired) electrons. The Kier molecular flexibility index (Phi) is 5.52. The number of hydrogen-bond acceptors (Lipinski definition) is 0. The number of rotatable bonds is 4. The molecule has 1 heterocycles. The fraction of sp³-hybridized carbons (Fsp3) is 0.522. The van der Waals surface area contributed by atoms with E-state index in [9.17, 15) is 0 Å². The topological polar surface area (TPSA) is 3.88 Å². The summed E-state index contributed by atoms with van der Waals surface area (Å²) in [5, 5.41) is 0. The molecule has 1 atom stereocenters. The van der Waals surface area contributed by atoms with Gasteiger partial charge in [-0.25, -0.2) is 4.57 Å². The van der Waals surface area contributed by atoms with Crippen LogP contribution in [-0.4, -0.2) is 0 Å². The normalized spacial score (nSPS) is 13.4. The van der Waals surface area contributed by atoms with Gasteiger partial charge in [-0.3, -0.25) is 0 Å². The lowest BCUT2D eigenvalue weighted by molar-refractivity contribution is -0.660. The van der Waals surface area contributed by atoms with E-state index >= 15 is 0 Å². The molecule has 1 aromatic carbocycles. The first kappa shape index (κ1) is 18.7. The van der Waals surface area contributed by atoms with Gasteiger partial charge in [0.25, 0.3) is 0 Å². The second-order valence-corrected chi connectivity index (χ2v) is 8.49. The van der Waals surface area contributed by atoms with E-state index in [0.29, 0.717) is 11.8 Å². The quantitative estimate of drug-likeness (QED) is 0.613. The van der Waals surface area contributed by atoms with Crippen molar-refractivity contribution in [3.8, 4) is 11.3 Å². The van der Waals surface area contributed by atoms with Gasteiger partial charge in [0.2, 0.25) is 5.69 Å². The SMILES string of the molecule is CCC(c1cc[n+](C)c(-c2cc(C(C)(C)C)ccc2C)c1)C(C)C. The van der Waals surface area contributed by atoms with Crippen molar-refractivity contribution in [3.05, 3.63) is 53.2 Å². The Labute approximate surface area is 148 Å². The highest BCUT2D eigenvalue weighted by molar-refractivity contribution is 5.63. The van der Waals surface area contributed by atoms with E-state index in [1.54, 1.807) is 0 Å². The zero-order chi connectivity index (χ0) is 18.1. The summed E-state index contributed by atoms with van der Waals surface area (Å²) < 4.78 is 2.26. The minimum Gasteiger partial charge on any atom is -0.201 e. The Hall–Kier alpha value is -1.63. The smallest absolute Gasteiger partial charge is 0.201 e. The Morgan fingerprint density at radius 3 is 2.25 bits per heavy atom. The summed E-state index contributed by atoms with van der Waals surface area (Å²) in [7, 11) is 2.15. The van der Waals surface area contributed by atoms with E-state index in [4.69, 9.17) is 0 Å². The van der Waals surface area contributed by atoms with Crippen LogP contribution in [0.4, 0.5) is 0 Å². The lowest BCUT2D eigenvalue weighted by Crippen LogP contribution is -2.31. The minimum absolute atomic E-state index is 0.169. The van der Waals surface area contributed by atoms with Crippen LogP contribution >= 0.6 is 0 Å².